The zero-order valence-electron chi connectivity index (χ0n) is 69.1. The van der Waals surface area contributed by atoms with Crippen LogP contribution in [0.3, 0.4) is 0 Å². The zero-order chi connectivity index (χ0) is 85.0. The molecule has 0 saturated carbocycles. The predicted octanol–water partition coefficient (Wildman–Crippen LogP) is 31.6. The first-order valence-electron chi connectivity index (χ1n) is 43.1. The predicted molar refractivity (Wildman–Crippen MR) is 539 cm³/mol. The highest BCUT2D eigenvalue weighted by Crippen LogP contribution is 2.47. The fraction of sp³-hybridized carbons (Fsp3) is 0. The fourth-order valence-electron chi connectivity index (χ4n) is 18.7. The molecule has 0 unspecified atom stereocenters. The monoisotopic (exact) mass is 1680 g/mol. The van der Waals surface area contributed by atoms with Crippen molar-refractivity contribution in [1.82, 2.24) is 44.9 Å². The summed E-state index contributed by atoms with van der Waals surface area (Å²) in [6, 6.07) is 146. The molecule has 0 fully saturated rings. The third-order valence-electron chi connectivity index (χ3n) is 24.9. The summed E-state index contributed by atoms with van der Waals surface area (Å²) in [5, 5.41) is 29.6. The van der Waals surface area contributed by atoms with Gasteiger partial charge < -0.3 is 4.42 Å². The molecule has 6 aromatic heterocycles. The van der Waals surface area contributed by atoms with E-state index in [0.29, 0.717) is 52.4 Å². The Morgan fingerprint density at radius 1 is 0.155 bits per heavy atom. The Kier molecular flexibility index (Phi) is 18.1. The van der Waals surface area contributed by atoms with Crippen molar-refractivity contribution in [2.75, 3.05) is 0 Å². The first kappa shape index (κ1) is 74.8. The summed E-state index contributed by atoms with van der Waals surface area (Å²) in [6.07, 6.45) is 0. The summed E-state index contributed by atoms with van der Waals surface area (Å²) in [4.78, 5) is 44.3. The summed E-state index contributed by atoms with van der Waals surface area (Å²) in [5.74, 6) is 5.97. The molecule has 12 heteroatoms. The van der Waals surface area contributed by atoms with Gasteiger partial charge in [-0.3, -0.25) is 0 Å². The van der Waals surface area contributed by atoms with E-state index in [9.17, 15) is 0 Å². The number of hydrogen-bond donors (Lipinski definition) is 0. The molecule has 0 aliphatic heterocycles. The highest BCUT2D eigenvalue weighted by Gasteiger charge is 2.22. The van der Waals surface area contributed by atoms with Crippen LogP contribution in [0.2, 0.25) is 0 Å². The number of benzene rings is 21. The number of aromatic nitrogens is 9. The Morgan fingerprint density at radius 3 is 0.845 bits per heavy atom. The van der Waals surface area contributed by atoms with Crippen LogP contribution in [0.25, 0.3) is 262 Å². The molecule has 0 bridgehead atoms. The number of thiophene rings is 2. The minimum Gasteiger partial charge on any atom is -0.455 e. The number of fused-ring (bicyclic) bond motifs is 27. The van der Waals surface area contributed by atoms with Crippen LogP contribution >= 0.6 is 22.7 Å². The lowest BCUT2D eigenvalue weighted by molar-refractivity contribution is 0.672. The third-order valence-corrected chi connectivity index (χ3v) is 27.2. The Bertz CT molecular complexity index is 8660. The first-order chi connectivity index (χ1) is 63.9. The van der Waals surface area contributed by atoms with Gasteiger partial charge in [0.05, 0.1) is 0 Å². The maximum Gasteiger partial charge on any atom is 0.164 e. The van der Waals surface area contributed by atoms with Gasteiger partial charge in [-0.15, -0.1) is 22.7 Å². The van der Waals surface area contributed by atoms with E-state index in [-0.39, 0.29) is 0 Å². The Morgan fingerprint density at radius 2 is 0.419 bits per heavy atom. The molecule has 0 spiro atoms. The molecular weight excluding hydrogens is 1610 g/mol. The first-order valence-corrected chi connectivity index (χ1v) is 44.7. The molecule has 0 radical (unpaired) electrons. The van der Waals surface area contributed by atoms with Gasteiger partial charge in [0.15, 0.2) is 52.4 Å². The van der Waals surface area contributed by atoms with E-state index in [1.165, 1.54) is 116 Å². The SMILES string of the molecule is c1ccc(-c2nc(-c3ccccc3)nc(-c3ccc4c(ccc5ccc6c(ccc7c8ccccc8oc76)c54)c3)n2)cc1.c1ccc(-c2nc(-c3ccccc3)nc(-c3ccc4c(ccc5ccc6c(ccc7c8ccccc8sc76)c54)c3)n2)cc1.c1ccc(-c2nc(-c3ccccc3)nc(-c3ccc4c(ccc5ccc6c(ccc7sc8ccccc8c76)c54)c3)n2)cc1. The van der Waals surface area contributed by atoms with Gasteiger partial charge >= 0.3 is 0 Å². The molecule has 6 heterocycles. The van der Waals surface area contributed by atoms with Crippen molar-refractivity contribution in [1.29, 1.82) is 0 Å². The second-order valence-corrected chi connectivity index (χ2v) is 34.6. The van der Waals surface area contributed by atoms with Crippen molar-refractivity contribution in [3.8, 4) is 102 Å². The molecule has 0 atom stereocenters. The number of rotatable bonds is 9. The molecule has 129 heavy (non-hydrogen) atoms. The fourth-order valence-corrected chi connectivity index (χ4v) is 21.1. The van der Waals surface area contributed by atoms with Gasteiger partial charge in [0, 0.05) is 112 Å². The lowest BCUT2D eigenvalue weighted by Crippen LogP contribution is -2.00. The molecule has 600 valence electrons. The quantitative estimate of drug-likeness (QED) is 0.129. The van der Waals surface area contributed by atoms with Crippen molar-refractivity contribution in [2.24, 2.45) is 0 Å². The zero-order valence-corrected chi connectivity index (χ0v) is 70.7. The van der Waals surface area contributed by atoms with Crippen molar-refractivity contribution in [3.05, 3.63) is 419 Å². The van der Waals surface area contributed by atoms with Gasteiger partial charge in [-0.1, -0.05) is 364 Å². The molecular formula is C117H69N9OS2. The van der Waals surface area contributed by atoms with E-state index in [1.54, 1.807) is 0 Å². The summed E-state index contributed by atoms with van der Waals surface area (Å²) in [7, 11) is 0. The molecule has 0 aliphatic carbocycles. The van der Waals surface area contributed by atoms with Gasteiger partial charge in [0.2, 0.25) is 0 Å². The number of furan rings is 1. The van der Waals surface area contributed by atoms with E-state index in [1.807, 2.05) is 217 Å². The van der Waals surface area contributed by atoms with Crippen LogP contribution in [0.5, 0.6) is 0 Å². The van der Waals surface area contributed by atoms with Crippen LogP contribution in [0.15, 0.2) is 423 Å². The lowest BCUT2D eigenvalue weighted by Gasteiger charge is -2.11. The number of hydrogen-bond acceptors (Lipinski definition) is 12. The molecule has 0 saturated heterocycles. The van der Waals surface area contributed by atoms with Crippen molar-refractivity contribution in [3.63, 3.8) is 0 Å². The lowest BCUT2D eigenvalue weighted by atomic mass is 9.93. The molecule has 0 amide bonds. The van der Waals surface area contributed by atoms with Crippen LogP contribution in [-0.4, -0.2) is 44.9 Å². The Hall–Kier alpha value is -16.8. The van der Waals surface area contributed by atoms with Crippen LogP contribution in [0.4, 0.5) is 0 Å². The average Bonchev–Trinajstić information content (AvgIpc) is 1.72. The number of para-hydroxylation sites is 1. The molecule has 27 aromatic rings. The largest absolute Gasteiger partial charge is 0.455 e. The summed E-state index contributed by atoms with van der Waals surface area (Å²) in [6.45, 7) is 0. The van der Waals surface area contributed by atoms with Gasteiger partial charge in [-0.25, -0.2) is 44.9 Å². The summed E-state index contributed by atoms with van der Waals surface area (Å²) >= 11 is 3.75. The molecule has 0 aliphatic rings. The second kappa shape index (κ2) is 31.2. The van der Waals surface area contributed by atoms with Gasteiger partial charge in [-0.05, 0) is 141 Å². The highest BCUT2D eigenvalue weighted by atomic mass is 32.1. The maximum absolute atomic E-state index is 6.38. The van der Waals surface area contributed by atoms with Crippen LogP contribution < -0.4 is 0 Å². The van der Waals surface area contributed by atoms with E-state index in [0.717, 1.165) is 93.6 Å². The van der Waals surface area contributed by atoms with E-state index in [2.05, 4.69) is 224 Å². The van der Waals surface area contributed by atoms with E-state index >= 15 is 0 Å². The topological polar surface area (TPSA) is 129 Å². The van der Waals surface area contributed by atoms with Crippen LogP contribution in [0, 0.1) is 0 Å². The Balaban J connectivity index is 0.000000105. The molecule has 0 N–H and O–H groups in total. The molecule has 21 aromatic carbocycles. The Labute approximate surface area is 746 Å². The summed E-state index contributed by atoms with van der Waals surface area (Å²) in [5.41, 5.74) is 10.5. The molecule has 10 nitrogen and oxygen atoms in total. The van der Waals surface area contributed by atoms with Crippen LogP contribution in [-0.2, 0) is 0 Å². The minimum atomic E-state index is 0.650. The van der Waals surface area contributed by atoms with E-state index < -0.39 is 0 Å². The normalized spacial score (nSPS) is 11.7. The highest BCUT2D eigenvalue weighted by molar-refractivity contribution is 7.27. The minimum absolute atomic E-state index is 0.650. The summed E-state index contributed by atoms with van der Waals surface area (Å²) < 4.78 is 11.7. The molecule has 27 rings (SSSR count). The second-order valence-electron chi connectivity index (χ2n) is 32.5. The van der Waals surface area contributed by atoms with Gasteiger partial charge in [0.1, 0.15) is 11.2 Å². The van der Waals surface area contributed by atoms with Crippen molar-refractivity contribution in [2.45, 2.75) is 0 Å². The number of nitrogens with zero attached hydrogens (tertiary/aromatic N) is 9. The van der Waals surface area contributed by atoms with Gasteiger partial charge in [0.25, 0.3) is 0 Å². The smallest absolute Gasteiger partial charge is 0.164 e. The maximum atomic E-state index is 6.38. The average molecular weight is 1680 g/mol. The van der Waals surface area contributed by atoms with Gasteiger partial charge in [-0.2, -0.15) is 0 Å². The van der Waals surface area contributed by atoms with Crippen molar-refractivity contribution >= 4 is 182 Å². The standard InChI is InChI=1S/C39H23N3O.2C39H23N3S/c1-3-9-25(10-4-1)37-40-38(26-11-5-2-6-12-26)42-39(41-37)28-18-19-29-27(23-28)16-15-24-17-20-33-31(35(24)29)21-22-32-30-13-7-8-14-34(30)43-36(32)33;1-3-9-25(10-4-1)37-40-38(26-11-5-2-6-12-26)42-39(41-37)28-18-19-29-27(23-28)16-15-24-17-20-31-30(35(24)29)21-22-34-36(31)32-13-7-8-14-33(32)43-34;1-3-9-25(10-4-1)37-40-38(26-11-5-2-6-12-26)42-39(41-37)28-18-19-29-27(23-28)16-15-24-17-20-33-31(35(24)29)21-22-32-30-13-7-8-14-34(30)43-36(32)33/h3*1-23H. The third kappa shape index (κ3) is 13.3. The van der Waals surface area contributed by atoms with Crippen molar-refractivity contribution < 1.29 is 4.42 Å². The van der Waals surface area contributed by atoms with Crippen LogP contribution in [0.1, 0.15) is 0 Å². The van der Waals surface area contributed by atoms with E-state index in [4.69, 9.17) is 49.3 Å².